The van der Waals surface area contributed by atoms with Gasteiger partial charge in [0.25, 0.3) is 0 Å². The summed E-state index contributed by atoms with van der Waals surface area (Å²) in [7, 11) is 0. The van der Waals surface area contributed by atoms with Crippen molar-refractivity contribution in [2.75, 3.05) is 11.7 Å². The number of carbonyl (C=O) groups is 1. The molecular formula is C10H10FNO2. The maximum Gasteiger partial charge on any atom is 0.311 e. The van der Waals surface area contributed by atoms with Crippen LogP contribution in [0.15, 0.2) is 24.3 Å². The Kier molecular flexibility index (Phi) is 2.11. The first-order valence-electron chi connectivity index (χ1n) is 4.45. The third-order valence-electron chi connectivity index (χ3n) is 2.49. The monoisotopic (exact) mass is 195 g/mol. The van der Waals surface area contributed by atoms with E-state index in [1.54, 1.807) is 24.3 Å². The summed E-state index contributed by atoms with van der Waals surface area (Å²) in [4.78, 5) is 10.9. The minimum Gasteiger partial charge on any atom is -0.481 e. The van der Waals surface area contributed by atoms with E-state index < -0.39 is 11.9 Å². The van der Waals surface area contributed by atoms with E-state index in [0.717, 1.165) is 0 Å². The van der Waals surface area contributed by atoms with Gasteiger partial charge in [-0.05, 0) is 18.1 Å². The van der Waals surface area contributed by atoms with Gasteiger partial charge in [0, 0.05) is 0 Å². The van der Waals surface area contributed by atoms with Crippen molar-refractivity contribution in [3.8, 4) is 0 Å². The van der Waals surface area contributed by atoms with Gasteiger partial charge in [-0.3, -0.25) is 4.79 Å². The topological polar surface area (TPSA) is 40.5 Å². The zero-order valence-electron chi connectivity index (χ0n) is 7.48. The highest BCUT2D eigenvalue weighted by molar-refractivity contribution is 5.80. The lowest BCUT2D eigenvalue weighted by Crippen LogP contribution is -2.27. The molecule has 1 N–H and O–H groups in total. The van der Waals surface area contributed by atoms with E-state index in [0.29, 0.717) is 22.8 Å². The Bertz CT molecular complexity index is 367. The van der Waals surface area contributed by atoms with Crippen LogP contribution in [0.4, 0.5) is 10.2 Å². The van der Waals surface area contributed by atoms with E-state index in [9.17, 15) is 9.28 Å². The third-order valence-corrected chi connectivity index (χ3v) is 2.49. The van der Waals surface area contributed by atoms with Crippen LogP contribution in [0.5, 0.6) is 0 Å². The lowest BCUT2D eigenvalue weighted by Gasteiger charge is -2.27. The first-order chi connectivity index (χ1) is 6.70. The Morgan fingerprint density at radius 2 is 2.21 bits per heavy atom. The number of hydrogen-bond acceptors (Lipinski definition) is 2. The van der Waals surface area contributed by atoms with Crippen molar-refractivity contribution in [2.24, 2.45) is 0 Å². The smallest absolute Gasteiger partial charge is 0.311 e. The quantitative estimate of drug-likeness (QED) is 0.696. The second kappa shape index (κ2) is 3.29. The predicted octanol–water partition coefficient (Wildman–Crippen LogP) is 1.95. The Morgan fingerprint density at radius 1 is 1.50 bits per heavy atom. The summed E-state index contributed by atoms with van der Waals surface area (Å²) in [6.07, 6.45) is 0.322. The number of halogens is 1. The van der Waals surface area contributed by atoms with Crippen LogP contribution in [0.3, 0.4) is 0 Å². The van der Waals surface area contributed by atoms with Crippen LogP contribution in [-0.4, -0.2) is 17.6 Å². The molecule has 0 bridgehead atoms. The van der Waals surface area contributed by atoms with E-state index >= 15 is 0 Å². The minimum atomic E-state index is -0.884. The predicted molar refractivity (Wildman–Crippen MR) is 49.9 cm³/mol. The lowest BCUT2D eigenvalue weighted by atomic mass is 9.91. The second-order valence-electron chi connectivity index (χ2n) is 3.32. The van der Waals surface area contributed by atoms with Gasteiger partial charge in [-0.1, -0.05) is 22.7 Å². The molecule has 1 aliphatic rings. The minimum absolute atomic E-state index is 0.147. The van der Waals surface area contributed by atoms with E-state index in [4.69, 9.17) is 5.11 Å². The van der Waals surface area contributed by atoms with Crippen molar-refractivity contribution in [1.29, 1.82) is 0 Å². The van der Waals surface area contributed by atoms with Gasteiger partial charge in [0.05, 0.1) is 18.2 Å². The second-order valence-corrected chi connectivity index (χ2v) is 3.32. The molecule has 0 amide bonds. The largest absolute Gasteiger partial charge is 0.481 e. The van der Waals surface area contributed by atoms with Crippen LogP contribution in [0.1, 0.15) is 17.9 Å². The Balaban J connectivity index is 2.46. The van der Waals surface area contributed by atoms with Crippen molar-refractivity contribution in [3.63, 3.8) is 0 Å². The summed E-state index contributed by atoms with van der Waals surface area (Å²) in [6, 6.07) is 6.70. The summed E-state index contributed by atoms with van der Waals surface area (Å²) in [5.41, 5.74) is 0.944. The lowest BCUT2D eigenvalue weighted by molar-refractivity contribution is -0.139. The van der Waals surface area contributed by atoms with Crippen molar-refractivity contribution in [3.05, 3.63) is 29.8 Å². The summed E-state index contributed by atoms with van der Waals surface area (Å²) in [5, 5.41) is 9.54. The van der Waals surface area contributed by atoms with Crippen molar-refractivity contribution >= 4 is 11.7 Å². The van der Waals surface area contributed by atoms with Crippen molar-refractivity contribution < 1.29 is 14.4 Å². The van der Waals surface area contributed by atoms with Crippen LogP contribution < -0.4 is 5.12 Å². The number of fused-ring (bicyclic) bond motifs is 1. The molecule has 3 nitrogen and oxygen atoms in total. The molecule has 1 aromatic carbocycles. The van der Waals surface area contributed by atoms with Crippen LogP contribution in [0.25, 0.3) is 0 Å². The van der Waals surface area contributed by atoms with E-state index in [-0.39, 0.29) is 6.54 Å². The first-order valence-corrected chi connectivity index (χ1v) is 4.45. The highest BCUT2D eigenvalue weighted by atomic mass is 19.2. The zero-order valence-corrected chi connectivity index (χ0v) is 7.48. The molecule has 1 heterocycles. The van der Waals surface area contributed by atoms with E-state index in [2.05, 4.69) is 0 Å². The number of para-hydroxylation sites is 1. The SMILES string of the molecule is O=C(O)C1CCN(F)c2ccccc21. The first kappa shape index (κ1) is 8.99. The van der Waals surface area contributed by atoms with Gasteiger partial charge in [-0.2, -0.15) is 0 Å². The number of rotatable bonds is 1. The number of hydrogen-bond donors (Lipinski definition) is 1. The molecule has 1 atom stereocenters. The van der Waals surface area contributed by atoms with Crippen molar-refractivity contribution in [1.82, 2.24) is 0 Å². The van der Waals surface area contributed by atoms with E-state index in [1.807, 2.05) is 0 Å². The molecule has 0 fully saturated rings. The van der Waals surface area contributed by atoms with Gasteiger partial charge in [-0.25, -0.2) is 5.12 Å². The van der Waals surface area contributed by atoms with E-state index in [1.165, 1.54) is 0 Å². The van der Waals surface area contributed by atoms with Crippen LogP contribution in [0.2, 0.25) is 0 Å². The van der Waals surface area contributed by atoms with Gasteiger partial charge in [0.1, 0.15) is 0 Å². The number of anilines is 1. The fraction of sp³-hybridized carbons (Fsp3) is 0.300. The van der Waals surface area contributed by atoms with Gasteiger partial charge >= 0.3 is 5.97 Å². The zero-order chi connectivity index (χ0) is 10.1. The van der Waals surface area contributed by atoms with Crippen LogP contribution in [0, 0.1) is 0 Å². The summed E-state index contributed by atoms with van der Waals surface area (Å²) >= 11 is 0. The third kappa shape index (κ3) is 1.32. The fourth-order valence-electron chi connectivity index (χ4n) is 1.78. The fourth-order valence-corrected chi connectivity index (χ4v) is 1.78. The van der Waals surface area contributed by atoms with Gasteiger partial charge < -0.3 is 5.11 Å². The number of carboxylic acid groups (broad SMARTS) is 1. The molecule has 74 valence electrons. The Labute approximate surface area is 80.7 Å². The molecule has 1 aromatic rings. The highest BCUT2D eigenvalue weighted by Gasteiger charge is 2.29. The average molecular weight is 195 g/mol. The molecule has 0 spiro atoms. The number of nitrogens with zero attached hydrogens (tertiary/aromatic N) is 1. The maximum atomic E-state index is 13.3. The van der Waals surface area contributed by atoms with Gasteiger partial charge in [0.2, 0.25) is 0 Å². The average Bonchev–Trinajstić information content (AvgIpc) is 2.18. The summed E-state index contributed by atoms with van der Waals surface area (Å²) in [5.74, 6) is -1.45. The molecule has 4 heteroatoms. The molecule has 0 saturated carbocycles. The molecule has 0 aromatic heterocycles. The normalized spacial score (nSPS) is 20.4. The van der Waals surface area contributed by atoms with Gasteiger partial charge in [-0.15, -0.1) is 0 Å². The summed E-state index contributed by atoms with van der Waals surface area (Å²) in [6.45, 7) is 0.147. The molecule has 0 radical (unpaired) electrons. The molecule has 2 rings (SSSR count). The molecular weight excluding hydrogens is 185 g/mol. The number of carboxylic acids is 1. The number of aliphatic carboxylic acids is 1. The molecule has 0 aliphatic carbocycles. The Hall–Kier alpha value is -1.58. The van der Waals surface area contributed by atoms with Crippen LogP contribution in [-0.2, 0) is 4.79 Å². The molecule has 0 saturated heterocycles. The number of benzene rings is 1. The summed E-state index contributed by atoms with van der Waals surface area (Å²) < 4.78 is 13.3. The molecule has 1 unspecified atom stereocenters. The molecule has 14 heavy (non-hydrogen) atoms. The van der Waals surface area contributed by atoms with Crippen molar-refractivity contribution in [2.45, 2.75) is 12.3 Å². The van der Waals surface area contributed by atoms with Crippen LogP contribution >= 0.6 is 0 Å². The van der Waals surface area contributed by atoms with Gasteiger partial charge in [0.15, 0.2) is 0 Å². The Morgan fingerprint density at radius 3 is 2.93 bits per heavy atom. The maximum absolute atomic E-state index is 13.3. The molecule has 1 aliphatic heterocycles. The standard InChI is InChI=1S/C10H10FNO2/c11-12-6-5-8(10(13)14)7-3-1-2-4-9(7)12/h1-4,8H,5-6H2,(H,13,14). The highest BCUT2D eigenvalue weighted by Crippen LogP contribution is 2.35.